The molecule has 4 aliphatic rings. The maximum absolute atomic E-state index is 12.3. The highest BCUT2D eigenvalue weighted by Crippen LogP contribution is 2.59. The maximum atomic E-state index is 12.3. The zero-order valence-electron chi connectivity index (χ0n) is 20.4. The molecule has 6 heteroatoms. The maximum Gasteiger partial charge on any atom is 0.345 e. The first-order valence-corrected chi connectivity index (χ1v) is 13.1. The van der Waals surface area contributed by atoms with Gasteiger partial charge in [-0.05, 0) is 93.9 Å². The van der Waals surface area contributed by atoms with Crippen LogP contribution in [0, 0.1) is 23.2 Å². The van der Waals surface area contributed by atoms with E-state index in [4.69, 9.17) is 0 Å². The standard InChI is InChI=1S/C27H43F2NO3/c1-18(5-4-12-30-16-23(17-30)33-26(28)29)24-9-10-25-20(6-3-11-27(24,25)2)8-7-19-13-21(31)15-22(32)14-19/h7-8,18,21-26,31-32H,3-6,9-17H2,1-2H3/b20-8+/t18-,21-,22-,24-,25+,27-/m1/s1. The molecule has 6 atom stereocenters. The molecule has 1 saturated heterocycles. The van der Waals surface area contributed by atoms with Crippen LogP contribution < -0.4 is 0 Å². The summed E-state index contributed by atoms with van der Waals surface area (Å²) in [5.74, 6) is 2.07. The molecule has 0 unspecified atom stereocenters. The number of halogens is 2. The van der Waals surface area contributed by atoms with Crippen molar-refractivity contribution in [2.45, 2.75) is 103 Å². The molecule has 4 rings (SSSR count). The van der Waals surface area contributed by atoms with Gasteiger partial charge in [-0.3, -0.25) is 4.90 Å². The lowest BCUT2D eigenvalue weighted by atomic mass is 9.60. The van der Waals surface area contributed by atoms with E-state index in [-0.39, 0.29) is 6.10 Å². The first kappa shape index (κ1) is 25.3. The van der Waals surface area contributed by atoms with Crippen molar-refractivity contribution in [1.82, 2.24) is 4.90 Å². The van der Waals surface area contributed by atoms with Gasteiger partial charge in [0, 0.05) is 13.1 Å². The van der Waals surface area contributed by atoms with Crippen LogP contribution in [0.3, 0.4) is 0 Å². The molecule has 0 aromatic carbocycles. The minimum atomic E-state index is -2.65. The van der Waals surface area contributed by atoms with E-state index in [0.29, 0.717) is 49.6 Å². The third-order valence-electron chi connectivity index (χ3n) is 9.15. The molecule has 4 fully saturated rings. The average molecular weight is 468 g/mol. The second-order valence-electron chi connectivity index (χ2n) is 11.5. The normalized spacial score (nSPS) is 37.9. The van der Waals surface area contributed by atoms with Crippen LogP contribution in [-0.4, -0.2) is 59.7 Å². The number of likely N-dealkylation sites (tertiary alicyclic amines) is 1. The number of aliphatic hydroxyl groups is 2. The van der Waals surface area contributed by atoms with Crippen LogP contribution >= 0.6 is 0 Å². The summed E-state index contributed by atoms with van der Waals surface area (Å²) in [4.78, 5) is 2.23. The van der Waals surface area contributed by atoms with Crippen molar-refractivity contribution >= 4 is 0 Å². The lowest BCUT2D eigenvalue weighted by Crippen LogP contribution is -2.52. The summed E-state index contributed by atoms with van der Waals surface area (Å²) in [6.45, 7) is 4.54. The van der Waals surface area contributed by atoms with Crippen molar-refractivity contribution in [3.05, 3.63) is 23.3 Å². The first-order chi connectivity index (χ1) is 15.7. The van der Waals surface area contributed by atoms with Gasteiger partial charge in [0.15, 0.2) is 0 Å². The Kier molecular flexibility index (Phi) is 8.31. The summed E-state index contributed by atoms with van der Waals surface area (Å²) in [5.41, 5.74) is 3.11. The molecular formula is C27H43F2NO3. The van der Waals surface area contributed by atoms with Gasteiger partial charge in [-0.2, -0.15) is 8.78 Å². The molecule has 3 aliphatic carbocycles. The molecule has 33 heavy (non-hydrogen) atoms. The topological polar surface area (TPSA) is 52.9 Å². The van der Waals surface area contributed by atoms with Crippen LogP contribution in [0.1, 0.15) is 78.1 Å². The fraction of sp³-hybridized carbons (Fsp3) is 0.852. The molecule has 0 spiro atoms. The molecule has 1 heterocycles. The minimum absolute atomic E-state index is 0.292. The molecule has 0 aromatic rings. The molecule has 0 aromatic heterocycles. The average Bonchev–Trinajstić information content (AvgIpc) is 3.06. The van der Waals surface area contributed by atoms with Gasteiger partial charge in [-0.15, -0.1) is 0 Å². The highest BCUT2D eigenvalue weighted by molar-refractivity contribution is 5.26. The highest BCUT2D eigenvalue weighted by Gasteiger charge is 2.50. The number of allylic oxidation sites excluding steroid dienone is 3. The van der Waals surface area contributed by atoms with Crippen LogP contribution in [0.5, 0.6) is 0 Å². The van der Waals surface area contributed by atoms with Crippen molar-refractivity contribution in [3.8, 4) is 0 Å². The number of fused-ring (bicyclic) bond motifs is 1. The lowest BCUT2D eigenvalue weighted by Gasteiger charge is -2.44. The Bertz CT molecular complexity index is 708. The molecule has 4 nitrogen and oxygen atoms in total. The van der Waals surface area contributed by atoms with E-state index < -0.39 is 18.8 Å². The third-order valence-corrected chi connectivity index (χ3v) is 9.15. The molecule has 0 radical (unpaired) electrons. The molecule has 188 valence electrons. The van der Waals surface area contributed by atoms with Gasteiger partial charge in [0.05, 0.1) is 18.3 Å². The Labute approximate surface area is 198 Å². The lowest BCUT2D eigenvalue weighted by molar-refractivity contribution is -0.195. The van der Waals surface area contributed by atoms with Crippen molar-refractivity contribution in [2.24, 2.45) is 23.2 Å². The van der Waals surface area contributed by atoms with Gasteiger partial charge in [0.1, 0.15) is 0 Å². The van der Waals surface area contributed by atoms with Crippen LogP contribution in [0.4, 0.5) is 8.78 Å². The number of rotatable bonds is 8. The Morgan fingerprint density at radius 3 is 2.58 bits per heavy atom. The summed E-state index contributed by atoms with van der Waals surface area (Å²) in [6, 6.07) is 0. The van der Waals surface area contributed by atoms with Crippen LogP contribution in [0.15, 0.2) is 23.3 Å². The van der Waals surface area contributed by atoms with Gasteiger partial charge in [-0.25, -0.2) is 0 Å². The second-order valence-corrected chi connectivity index (χ2v) is 11.5. The Balaban J connectivity index is 1.29. The number of nitrogens with zero attached hydrogens (tertiary/aromatic N) is 1. The van der Waals surface area contributed by atoms with Crippen LogP contribution in [0.25, 0.3) is 0 Å². The first-order valence-electron chi connectivity index (χ1n) is 13.1. The van der Waals surface area contributed by atoms with E-state index in [9.17, 15) is 19.0 Å². The number of alkyl halides is 2. The Morgan fingerprint density at radius 1 is 1.15 bits per heavy atom. The summed E-state index contributed by atoms with van der Waals surface area (Å²) in [6.07, 6.45) is 13.9. The molecule has 0 amide bonds. The molecule has 3 saturated carbocycles. The molecule has 1 aliphatic heterocycles. The van der Waals surface area contributed by atoms with E-state index in [1.807, 2.05) is 0 Å². The molecule has 0 bridgehead atoms. The highest BCUT2D eigenvalue weighted by atomic mass is 19.3. The van der Waals surface area contributed by atoms with Crippen LogP contribution in [0.2, 0.25) is 0 Å². The predicted octanol–water partition coefficient (Wildman–Crippen LogP) is 5.30. The molecular weight excluding hydrogens is 424 g/mol. The smallest absolute Gasteiger partial charge is 0.345 e. The van der Waals surface area contributed by atoms with E-state index >= 15 is 0 Å². The van der Waals surface area contributed by atoms with Crippen molar-refractivity contribution < 1.29 is 23.7 Å². The number of hydrogen-bond acceptors (Lipinski definition) is 4. The van der Waals surface area contributed by atoms with E-state index in [2.05, 4.69) is 35.6 Å². The SMILES string of the molecule is C[C@H](CCCN1CC(OC(F)F)C1)[C@H]1CC[C@H]2/C(=C/C=C3C[C@@H](O)C[C@H](O)C3)CCC[C@]12C. The fourth-order valence-corrected chi connectivity index (χ4v) is 7.52. The van der Waals surface area contributed by atoms with E-state index in [0.717, 1.165) is 18.9 Å². The minimum Gasteiger partial charge on any atom is -0.393 e. The predicted molar refractivity (Wildman–Crippen MR) is 126 cm³/mol. The Morgan fingerprint density at radius 2 is 1.88 bits per heavy atom. The van der Waals surface area contributed by atoms with E-state index in [1.165, 1.54) is 44.1 Å². The van der Waals surface area contributed by atoms with Gasteiger partial charge in [0.25, 0.3) is 0 Å². The number of aliphatic hydroxyl groups excluding tert-OH is 2. The van der Waals surface area contributed by atoms with Crippen molar-refractivity contribution in [1.29, 1.82) is 0 Å². The quantitative estimate of drug-likeness (QED) is 0.509. The summed E-state index contributed by atoms with van der Waals surface area (Å²) < 4.78 is 29.1. The zero-order valence-corrected chi connectivity index (χ0v) is 20.4. The largest absolute Gasteiger partial charge is 0.393 e. The number of hydrogen-bond donors (Lipinski definition) is 2. The second kappa shape index (κ2) is 10.8. The number of ether oxygens (including phenoxy) is 1. The van der Waals surface area contributed by atoms with Crippen LogP contribution in [-0.2, 0) is 4.74 Å². The van der Waals surface area contributed by atoms with Gasteiger partial charge in [-0.1, -0.05) is 37.1 Å². The monoisotopic (exact) mass is 467 g/mol. The molecule has 2 N–H and O–H groups in total. The summed E-state index contributed by atoms with van der Waals surface area (Å²) in [7, 11) is 0. The van der Waals surface area contributed by atoms with Gasteiger partial charge in [0.2, 0.25) is 0 Å². The van der Waals surface area contributed by atoms with Gasteiger partial charge >= 0.3 is 6.61 Å². The summed E-state index contributed by atoms with van der Waals surface area (Å²) >= 11 is 0. The summed E-state index contributed by atoms with van der Waals surface area (Å²) in [5, 5.41) is 20.0. The van der Waals surface area contributed by atoms with E-state index in [1.54, 1.807) is 5.57 Å². The zero-order chi connectivity index (χ0) is 23.6. The third kappa shape index (κ3) is 6.06. The van der Waals surface area contributed by atoms with Crippen molar-refractivity contribution in [3.63, 3.8) is 0 Å². The van der Waals surface area contributed by atoms with Crippen molar-refractivity contribution in [2.75, 3.05) is 19.6 Å². The van der Waals surface area contributed by atoms with Gasteiger partial charge < -0.3 is 14.9 Å². The fourth-order valence-electron chi connectivity index (χ4n) is 7.52. The Hall–Kier alpha value is -0.820.